The summed E-state index contributed by atoms with van der Waals surface area (Å²) in [5.74, 6) is 0.0739. The van der Waals surface area contributed by atoms with Crippen LogP contribution in [0.25, 0.3) is 10.2 Å². The Morgan fingerprint density at radius 1 is 1.58 bits per heavy atom. The van der Waals surface area contributed by atoms with Gasteiger partial charge in [-0.05, 0) is 31.4 Å². The number of pyridine rings is 1. The second-order valence-corrected chi connectivity index (χ2v) is 5.98. The molecule has 1 aliphatic rings. The van der Waals surface area contributed by atoms with Gasteiger partial charge in [0.15, 0.2) is 0 Å². The number of hydrogen-bond acceptors (Lipinski definition) is 4. The summed E-state index contributed by atoms with van der Waals surface area (Å²) in [7, 11) is 0. The summed E-state index contributed by atoms with van der Waals surface area (Å²) < 4.78 is 0.982. The third-order valence-electron chi connectivity index (χ3n) is 3.39. The van der Waals surface area contributed by atoms with Crippen LogP contribution in [0, 0.1) is 0 Å². The highest BCUT2D eigenvalue weighted by molar-refractivity contribution is 7.21. The summed E-state index contributed by atoms with van der Waals surface area (Å²) in [5, 5.41) is 0. The van der Waals surface area contributed by atoms with E-state index in [-0.39, 0.29) is 5.91 Å². The third kappa shape index (κ3) is 2.18. The molecular formula is C14H17N3OS. The highest BCUT2D eigenvalue weighted by Gasteiger charge is 2.34. The first-order valence-corrected chi connectivity index (χ1v) is 7.48. The van der Waals surface area contributed by atoms with Crippen LogP contribution in [0.15, 0.2) is 18.3 Å². The van der Waals surface area contributed by atoms with E-state index >= 15 is 0 Å². The average molecular weight is 275 g/mol. The molecule has 0 bridgehead atoms. The molecular weight excluding hydrogens is 258 g/mol. The first kappa shape index (κ1) is 12.4. The molecule has 1 aliphatic carbocycles. The molecule has 0 aliphatic heterocycles. The molecule has 3 rings (SSSR count). The van der Waals surface area contributed by atoms with Crippen molar-refractivity contribution in [2.75, 3.05) is 12.3 Å². The number of nitrogen functional groups attached to an aromatic ring is 1. The number of aromatic nitrogens is 1. The molecule has 0 radical (unpaired) electrons. The fourth-order valence-corrected chi connectivity index (χ4v) is 3.35. The maximum absolute atomic E-state index is 12.6. The van der Waals surface area contributed by atoms with Gasteiger partial charge >= 0.3 is 0 Å². The number of amides is 1. The molecule has 0 unspecified atom stereocenters. The van der Waals surface area contributed by atoms with E-state index in [0.717, 1.165) is 36.0 Å². The lowest BCUT2D eigenvalue weighted by Crippen LogP contribution is -2.33. The standard InChI is InChI=1S/C14H17N3OS/c1-2-8-17(9-5-6-9)14(18)13-11(15)12-10(19-13)4-3-7-16-12/h3-4,7,9H,2,5-6,8,15H2,1H3. The van der Waals surface area contributed by atoms with Gasteiger partial charge in [-0.25, -0.2) is 0 Å². The van der Waals surface area contributed by atoms with Crippen molar-refractivity contribution in [3.05, 3.63) is 23.2 Å². The zero-order chi connectivity index (χ0) is 13.4. The highest BCUT2D eigenvalue weighted by atomic mass is 32.1. The number of anilines is 1. The number of nitrogens with zero attached hydrogens (tertiary/aromatic N) is 2. The first-order valence-electron chi connectivity index (χ1n) is 6.66. The van der Waals surface area contributed by atoms with E-state index in [2.05, 4.69) is 11.9 Å². The number of hydrogen-bond donors (Lipinski definition) is 1. The highest BCUT2D eigenvalue weighted by Crippen LogP contribution is 2.35. The van der Waals surface area contributed by atoms with Crippen molar-refractivity contribution in [3.8, 4) is 0 Å². The second-order valence-electron chi connectivity index (χ2n) is 4.92. The van der Waals surface area contributed by atoms with Gasteiger partial charge in [0.05, 0.1) is 10.4 Å². The Bertz CT molecular complexity index is 618. The second kappa shape index (κ2) is 4.81. The molecule has 2 heterocycles. The van der Waals surface area contributed by atoms with Crippen LogP contribution < -0.4 is 5.73 Å². The maximum atomic E-state index is 12.6. The van der Waals surface area contributed by atoms with Crippen LogP contribution in [-0.4, -0.2) is 28.4 Å². The summed E-state index contributed by atoms with van der Waals surface area (Å²) in [4.78, 5) is 19.5. The molecule has 0 spiro atoms. The van der Waals surface area contributed by atoms with Crippen LogP contribution in [-0.2, 0) is 0 Å². The lowest BCUT2D eigenvalue weighted by molar-refractivity contribution is 0.0749. The van der Waals surface area contributed by atoms with Gasteiger partial charge < -0.3 is 10.6 Å². The Kier molecular flexibility index (Phi) is 3.14. The van der Waals surface area contributed by atoms with E-state index < -0.39 is 0 Å². The summed E-state index contributed by atoms with van der Waals surface area (Å²) in [6, 6.07) is 4.25. The Balaban J connectivity index is 1.98. The predicted octanol–water partition coefficient (Wildman–Crippen LogP) is 2.89. The summed E-state index contributed by atoms with van der Waals surface area (Å²) in [5.41, 5.74) is 7.38. The topological polar surface area (TPSA) is 59.2 Å². The van der Waals surface area contributed by atoms with E-state index in [0.29, 0.717) is 16.6 Å². The molecule has 0 saturated heterocycles. The van der Waals surface area contributed by atoms with Gasteiger partial charge in [-0.1, -0.05) is 6.92 Å². The number of nitrogens with two attached hydrogens (primary N) is 1. The SMILES string of the molecule is CCCN(C(=O)c1sc2cccnc2c1N)C1CC1. The van der Waals surface area contributed by atoms with Crippen LogP contribution >= 0.6 is 11.3 Å². The Morgan fingerprint density at radius 2 is 2.37 bits per heavy atom. The van der Waals surface area contributed by atoms with Crippen molar-refractivity contribution in [1.82, 2.24) is 9.88 Å². The van der Waals surface area contributed by atoms with E-state index in [1.54, 1.807) is 6.20 Å². The normalized spacial score (nSPS) is 14.8. The van der Waals surface area contributed by atoms with Gasteiger partial charge in [-0.2, -0.15) is 0 Å². The zero-order valence-corrected chi connectivity index (χ0v) is 11.7. The minimum atomic E-state index is 0.0739. The molecule has 2 aromatic heterocycles. The van der Waals surface area contributed by atoms with E-state index in [1.165, 1.54) is 11.3 Å². The van der Waals surface area contributed by atoms with Crippen molar-refractivity contribution < 1.29 is 4.79 Å². The molecule has 2 aromatic rings. The van der Waals surface area contributed by atoms with Crippen LogP contribution in [0.1, 0.15) is 35.9 Å². The van der Waals surface area contributed by atoms with Crippen LogP contribution in [0.2, 0.25) is 0 Å². The first-order chi connectivity index (χ1) is 9.22. The molecule has 1 amide bonds. The third-order valence-corrected chi connectivity index (χ3v) is 4.54. The smallest absolute Gasteiger partial charge is 0.266 e. The summed E-state index contributed by atoms with van der Waals surface area (Å²) in [6.45, 7) is 2.91. The molecule has 0 aromatic carbocycles. The minimum Gasteiger partial charge on any atom is -0.396 e. The molecule has 100 valence electrons. The van der Waals surface area contributed by atoms with Gasteiger partial charge in [0, 0.05) is 18.8 Å². The van der Waals surface area contributed by atoms with Crippen LogP contribution in [0.3, 0.4) is 0 Å². The zero-order valence-electron chi connectivity index (χ0n) is 10.9. The van der Waals surface area contributed by atoms with Crippen LogP contribution in [0.4, 0.5) is 5.69 Å². The molecule has 1 fully saturated rings. The van der Waals surface area contributed by atoms with Crippen molar-refractivity contribution >= 4 is 33.1 Å². The molecule has 5 heteroatoms. The number of carbonyl (C=O) groups excluding carboxylic acids is 1. The number of rotatable bonds is 4. The van der Waals surface area contributed by atoms with E-state index in [4.69, 9.17) is 5.73 Å². The van der Waals surface area contributed by atoms with E-state index in [1.807, 2.05) is 17.0 Å². The molecule has 19 heavy (non-hydrogen) atoms. The number of fused-ring (bicyclic) bond motifs is 1. The average Bonchev–Trinajstić information content (AvgIpc) is 3.21. The van der Waals surface area contributed by atoms with Gasteiger partial charge in [0.25, 0.3) is 5.91 Å². The lowest BCUT2D eigenvalue weighted by Gasteiger charge is -2.21. The molecule has 2 N–H and O–H groups in total. The van der Waals surface area contributed by atoms with Crippen molar-refractivity contribution in [2.24, 2.45) is 0 Å². The molecule has 1 saturated carbocycles. The summed E-state index contributed by atoms with van der Waals surface area (Å²) in [6.07, 6.45) is 4.93. The fourth-order valence-electron chi connectivity index (χ4n) is 2.31. The summed E-state index contributed by atoms with van der Waals surface area (Å²) >= 11 is 1.45. The van der Waals surface area contributed by atoms with Gasteiger partial charge in [-0.3, -0.25) is 9.78 Å². The minimum absolute atomic E-state index is 0.0739. The van der Waals surface area contributed by atoms with E-state index in [9.17, 15) is 4.79 Å². The monoisotopic (exact) mass is 275 g/mol. The fraction of sp³-hybridized carbons (Fsp3) is 0.429. The molecule has 0 atom stereocenters. The van der Waals surface area contributed by atoms with Gasteiger partial charge in [0.2, 0.25) is 0 Å². The van der Waals surface area contributed by atoms with Crippen LogP contribution in [0.5, 0.6) is 0 Å². The maximum Gasteiger partial charge on any atom is 0.266 e. The Labute approximate surface area is 116 Å². The van der Waals surface area contributed by atoms with Gasteiger partial charge in [-0.15, -0.1) is 11.3 Å². The van der Waals surface area contributed by atoms with Crippen molar-refractivity contribution in [3.63, 3.8) is 0 Å². The molecule has 4 nitrogen and oxygen atoms in total. The number of carbonyl (C=O) groups is 1. The predicted molar refractivity (Wildman–Crippen MR) is 78.4 cm³/mol. The van der Waals surface area contributed by atoms with Gasteiger partial charge in [0.1, 0.15) is 10.4 Å². The Hall–Kier alpha value is -1.62. The van der Waals surface area contributed by atoms with Crippen molar-refractivity contribution in [2.45, 2.75) is 32.2 Å². The number of thiophene rings is 1. The quantitative estimate of drug-likeness (QED) is 0.933. The Morgan fingerprint density at radius 3 is 3.00 bits per heavy atom. The largest absolute Gasteiger partial charge is 0.396 e. The van der Waals surface area contributed by atoms with Crippen molar-refractivity contribution in [1.29, 1.82) is 0 Å². The lowest BCUT2D eigenvalue weighted by atomic mass is 10.3.